The molecule has 0 aromatic heterocycles. The first-order chi connectivity index (χ1) is 12.1. The molecule has 1 N–H and O–H groups in total. The molecule has 4 heteroatoms. The van der Waals surface area contributed by atoms with Crippen LogP contribution in [0.25, 0.3) is 0 Å². The van der Waals surface area contributed by atoms with Crippen molar-refractivity contribution in [2.45, 2.75) is 70.9 Å². The van der Waals surface area contributed by atoms with Gasteiger partial charge in [-0.3, -0.25) is 9.59 Å². The Labute approximate surface area is 150 Å². The van der Waals surface area contributed by atoms with Gasteiger partial charge < -0.3 is 10.1 Å². The van der Waals surface area contributed by atoms with Crippen LogP contribution in [0.1, 0.15) is 74.7 Å². The summed E-state index contributed by atoms with van der Waals surface area (Å²) in [5.41, 5.74) is 1.64. The summed E-state index contributed by atoms with van der Waals surface area (Å²) in [4.78, 5) is 25.1. The standard InChI is InChI=1S/C21H29NO3/c1-4-21(5-2)18(13-19(21)25-6-3)22-20(24)16-11-12-17(23)15-10-8-7-9-14(15)16/h7-10,16,18-19H,4-6,11-13H2,1-3H3,(H,22,24). The topological polar surface area (TPSA) is 55.4 Å². The number of hydrogen-bond donors (Lipinski definition) is 1. The van der Waals surface area contributed by atoms with Crippen LogP contribution in [0.3, 0.4) is 0 Å². The predicted molar refractivity (Wildman–Crippen MR) is 97.7 cm³/mol. The van der Waals surface area contributed by atoms with Gasteiger partial charge in [0, 0.05) is 30.0 Å². The molecule has 0 heterocycles. The van der Waals surface area contributed by atoms with Crippen molar-refractivity contribution in [3.63, 3.8) is 0 Å². The predicted octanol–water partition coefficient (Wildman–Crippen LogP) is 3.85. The highest BCUT2D eigenvalue weighted by molar-refractivity contribution is 6.01. The molecule has 0 bridgehead atoms. The van der Waals surface area contributed by atoms with Gasteiger partial charge in [0.2, 0.25) is 5.91 Å². The zero-order valence-corrected chi connectivity index (χ0v) is 15.5. The number of Topliss-reactive ketones (excluding diaryl/α,β-unsaturated/α-hetero) is 1. The van der Waals surface area contributed by atoms with Gasteiger partial charge in [0.05, 0.1) is 12.0 Å². The van der Waals surface area contributed by atoms with Crippen molar-refractivity contribution in [2.24, 2.45) is 5.41 Å². The maximum Gasteiger partial charge on any atom is 0.227 e. The number of carbonyl (C=O) groups excluding carboxylic acids is 2. The summed E-state index contributed by atoms with van der Waals surface area (Å²) in [7, 11) is 0. The fraction of sp³-hybridized carbons (Fsp3) is 0.619. The molecule has 25 heavy (non-hydrogen) atoms. The molecule has 3 atom stereocenters. The van der Waals surface area contributed by atoms with Crippen molar-refractivity contribution in [1.82, 2.24) is 5.32 Å². The minimum Gasteiger partial charge on any atom is -0.378 e. The minimum atomic E-state index is -0.216. The third-order valence-corrected chi connectivity index (χ3v) is 6.40. The highest BCUT2D eigenvalue weighted by Crippen LogP contribution is 2.49. The smallest absolute Gasteiger partial charge is 0.227 e. The van der Waals surface area contributed by atoms with Crippen LogP contribution >= 0.6 is 0 Å². The van der Waals surface area contributed by atoms with Crippen molar-refractivity contribution in [3.8, 4) is 0 Å². The van der Waals surface area contributed by atoms with E-state index in [-0.39, 0.29) is 35.2 Å². The summed E-state index contributed by atoms with van der Waals surface area (Å²) < 4.78 is 5.91. The zero-order chi connectivity index (χ0) is 18.0. The number of amides is 1. The maximum absolute atomic E-state index is 13.0. The number of hydrogen-bond acceptors (Lipinski definition) is 3. The summed E-state index contributed by atoms with van der Waals surface area (Å²) >= 11 is 0. The van der Waals surface area contributed by atoms with Crippen LogP contribution in [0.2, 0.25) is 0 Å². The molecule has 0 spiro atoms. The SMILES string of the molecule is CCOC1CC(NC(=O)C2CCC(=O)c3ccccc32)C1(CC)CC. The second-order valence-corrected chi connectivity index (χ2v) is 7.28. The molecule has 136 valence electrons. The van der Waals surface area contributed by atoms with Crippen molar-refractivity contribution in [2.75, 3.05) is 6.61 Å². The lowest BCUT2D eigenvalue weighted by molar-refractivity contribution is -0.149. The van der Waals surface area contributed by atoms with E-state index >= 15 is 0 Å². The Morgan fingerprint density at radius 3 is 2.64 bits per heavy atom. The second kappa shape index (κ2) is 7.28. The van der Waals surface area contributed by atoms with Gasteiger partial charge in [-0.2, -0.15) is 0 Å². The monoisotopic (exact) mass is 343 g/mol. The number of ether oxygens (including phenoxy) is 1. The Balaban J connectivity index is 1.75. The van der Waals surface area contributed by atoms with E-state index in [0.717, 1.165) is 24.8 Å². The Bertz CT molecular complexity index is 650. The number of benzene rings is 1. The van der Waals surface area contributed by atoms with Gasteiger partial charge in [-0.1, -0.05) is 38.1 Å². The van der Waals surface area contributed by atoms with Crippen LogP contribution in [0, 0.1) is 5.41 Å². The van der Waals surface area contributed by atoms with Crippen molar-refractivity contribution in [1.29, 1.82) is 0 Å². The van der Waals surface area contributed by atoms with E-state index in [0.29, 0.717) is 25.0 Å². The average Bonchev–Trinajstić information content (AvgIpc) is 2.62. The van der Waals surface area contributed by atoms with Gasteiger partial charge in [0.15, 0.2) is 5.78 Å². The van der Waals surface area contributed by atoms with Gasteiger partial charge in [-0.15, -0.1) is 0 Å². The fourth-order valence-electron chi connectivity index (χ4n) is 4.75. The molecule has 1 aromatic carbocycles. The van der Waals surface area contributed by atoms with E-state index in [9.17, 15) is 9.59 Å². The Morgan fingerprint density at radius 1 is 1.24 bits per heavy atom. The molecule has 1 fully saturated rings. The van der Waals surface area contributed by atoms with Crippen molar-refractivity contribution >= 4 is 11.7 Å². The van der Waals surface area contributed by atoms with Gasteiger partial charge in [0.25, 0.3) is 0 Å². The third-order valence-electron chi connectivity index (χ3n) is 6.40. The average molecular weight is 343 g/mol. The molecule has 0 radical (unpaired) electrons. The molecule has 4 nitrogen and oxygen atoms in total. The van der Waals surface area contributed by atoms with Crippen LogP contribution in [-0.4, -0.2) is 30.4 Å². The Hall–Kier alpha value is -1.68. The molecule has 0 aliphatic heterocycles. The van der Waals surface area contributed by atoms with Crippen LogP contribution in [0.4, 0.5) is 0 Å². The van der Waals surface area contributed by atoms with E-state index in [4.69, 9.17) is 4.74 Å². The summed E-state index contributed by atoms with van der Waals surface area (Å²) in [5, 5.41) is 3.29. The minimum absolute atomic E-state index is 0.0374. The second-order valence-electron chi connectivity index (χ2n) is 7.28. The third kappa shape index (κ3) is 3.01. The largest absolute Gasteiger partial charge is 0.378 e. The van der Waals surface area contributed by atoms with E-state index in [1.165, 1.54) is 0 Å². The summed E-state index contributed by atoms with van der Waals surface area (Å²) in [5.74, 6) is -0.00574. The van der Waals surface area contributed by atoms with E-state index in [1.54, 1.807) is 0 Å². The maximum atomic E-state index is 13.0. The number of nitrogens with one attached hydrogen (secondary N) is 1. The van der Waals surface area contributed by atoms with E-state index < -0.39 is 0 Å². The molecule has 3 rings (SSSR count). The van der Waals surface area contributed by atoms with Gasteiger partial charge in [0.1, 0.15) is 0 Å². The quantitative estimate of drug-likeness (QED) is 0.853. The lowest BCUT2D eigenvalue weighted by Gasteiger charge is -2.55. The summed E-state index contributed by atoms with van der Waals surface area (Å²) in [6, 6.07) is 7.71. The Morgan fingerprint density at radius 2 is 1.96 bits per heavy atom. The van der Waals surface area contributed by atoms with E-state index in [2.05, 4.69) is 19.2 Å². The van der Waals surface area contributed by atoms with Gasteiger partial charge in [-0.25, -0.2) is 0 Å². The molecule has 3 unspecified atom stereocenters. The summed E-state index contributed by atoms with van der Waals surface area (Å²) in [6.45, 7) is 7.11. The fourth-order valence-corrected chi connectivity index (χ4v) is 4.75. The lowest BCUT2D eigenvalue weighted by Crippen LogP contribution is -2.64. The number of ketones is 1. The molecule has 0 saturated heterocycles. The highest BCUT2D eigenvalue weighted by atomic mass is 16.5. The number of carbonyl (C=O) groups is 2. The van der Waals surface area contributed by atoms with Gasteiger partial charge in [-0.05, 0) is 38.2 Å². The van der Waals surface area contributed by atoms with Crippen LogP contribution in [0.5, 0.6) is 0 Å². The van der Waals surface area contributed by atoms with Crippen LogP contribution in [-0.2, 0) is 9.53 Å². The molecule has 1 amide bonds. The zero-order valence-electron chi connectivity index (χ0n) is 15.5. The van der Waals surface area contributed by atoms with Crippen LogP contribution < -0.4 is 5.32 Å². The first kappa shape index (κ1) is 18.1. The highest BCUT2D eigenvalue weighted by Gasteiger charge is 2.54. The first-order valence-corrected chi connectivity index (χ1v) is 9.61. The number of rotatable bonds is 6. The lowest BCUT2D eigenvalue weighted by atomic mass is 9.58. The molecular formula is C21H29NO3. The number of fused-ring (bicyclic) bond motifs is 1. The van der Waals surface area contributed by atoms with Crippen LogP contribution in [0.15, 0.2) is 24.3 Å². The first-order valence-electron chi connectivity index (χ1n) is 9.61. The van der Waals surface area contributed by atoms with E-state index in [1.807, 2.05) is 31.2 Å². The summed E-state index contributed by atoms with van der Waals surface area (Å²) in [6.07, 6.45) is 4.17. The molecule has 1 aromatic rings. The molecule has 1 saturated carbocycles. The normalized spacial score (nSPS) is 27.3. The molecular weight excluding hydrogens is 314 g/mol. The van der Waals surface area contributed by atoms with Gasteiger partial charge >= 0.3 is 0 Å². The van der Waals surface area contributed by atoms with Crippen molar-refractivity contribution in [3.05, 3.63) is 35.4 Å². The van der Waals surface area contributed by atoms with Crippen molar-refractivity contribution < 1.29 is 14.3 Å². The molecule has 2 aliphatic rings. The Kier molecular flexibility index (Phi) is 5.28. The molecule has 2 aliphatic carbocycles.